The van der Waals surface area contributed by atoms with E-state index in [0.29, 0.717) is 24.3 Å². The third-order valence-electron chi connectivity index (χ3n) is 6.68. The highest BCUT2D eigenvalue weighted by atomic mass is 32.2. The molecule has 8 nitrogen and oxygen atoms in total. The van der Waals surface area contributed by atoms with Crippen LogP contribution in [-0.4, -0.2) is 57.1 Å². The highest BCUT2D eigenvalue weighted by molar-refractivity contribution is 7.92. The highest BCUT2D eigenvalue weighted by Crippen LogP contribution is 2.21. The second kappa shape index (κ2) is 14.8. The van der Waals surface area contributed by atoms with Gasteiger partial charge in [-0.1, -0.05) is 45.0 Å². The number of benzene rings is 2. The van der Waals surface area contributed by atoms with Gasteiger partial charge in [0.1, 0.15) is 11.8 Å². The number of methoxy groups -OCH3 is 1. The summed E-state index contributed by atoms with van der Waals surface area (Å²) in [4.78, 5) is 28.3. The minimum Gasteiger partial charge on any atom is -0.497 e. The zero-order valence-corrected chi connectivity index (χ0v) is 24.4. The number of amides is 2. The number of ether oxygens (including phenoxy) is 1. The normalized spacial score (nSPS) is 12.9. The highest BCUT2D eigenvalue weighted by Gasteiger charge is 2.29. The number of hydrogen-bond donors (Lipinski definition) is 1. The Labute approximate surface area is 228 Å². The minimum atomic E-state index is -3.53. The van der Waals surface area contributed by atoms with Gasteiger partial charge in [0.25, 0.3) is 0 Å². The summed E-state index contributed by atoms with van der Waals surface area (Å²) in [6, 6.07) is 14.2. The van der Waals surface area contributed by atoms with E-state index in [1.165, 1.54) is 10.6 Å². The number of sulfonamides is 1. The first-order valence-corrected chi connectivity index (χ1v) is 15.2. The standard InChI is InChI=1S/C29H43N3O5S/c1-7-22(4)30-29(34)27(9-3)31(21-24-14-18-26(37-5)19-15-24)28(33)11-10-20-32(38(6,35)36)25-16-12-23(8-2)13-17-25/h12-19,22,27H,7-11,20-21H2,1-6H3,(H,30,34). The Balaban J connectivity index is 2.22. The number of carbonyl (C=O) groups excluding carboxylic acids is 2. The average Bonchev–Trinajstić information content (AvgIpc) is 2.90. The third kappa shape index (κ3) is 9.04. The summed E-state index contributed by atoms with van der Waals surface area (Å²) in [7, 11) is -1.94. The van der Waals surface area contributed by atoms with E-state index in [2.05, 4.69) is 5.32 Å². The van der Waals surface area contributed by atoms with Crippen LogP contribution in [0.4, 0.5) is 5.69 Å². The van der Waals surface area contributed by atoms with Gasteiger partial charge in [0.05, 0.1) is 19.1 Å². The quantitative estimate of drug-likeness (QED) is 0.355. The van der Waals surface area contributed by atoms with E-state index in [-0.39, 0.29) is 37.4 Å². The van der Waals surface area contributed by atoms with Crippen LogP contribution >= 0.6 is 0 Å². The van der Waals surface area contributed by atoms with E-state index in [9.17, 15) is 18.0 Å². The molecule has 2 aromatic carbocycles. The molecule has 2 atom stereocenters. The maximum Gasteiger partial charge on any atom is 0.243 e. The van der Waals surface area contributed by atoms with E-state index in [0.717, 1.165) is 24.0 Å². The summed E-state index contributed by atoms with van der Waals surface area (Å²) in [6.45, 7) is 8.30. The number of hydrogen-bond acceptors (Lipinski definition) is 5. The van der Waals surface area contributed by atoms with E-state index < -0.39 is 16.1 Å². The maximum atomic E-state index is 13.5. The van der Waals surface area contributed by atoms with E-state index in [1.807, 2.05) is 64.1 Å². The molecule has 2 unspecified atom stereocenters. The van der Waals surface area contributed by atoms with Gasteiger partial charge in [-0.25, -0.2) is 8.42 Å². The molecule has 0 saturated heterocycles. The number of nitrogens with zero attached hydrogens (tertiary/aromatic N) is 2. The predicted molar refractivity (Wildman–Crippen MR) is 153 cm³/mol. The van der Waals surface area contributed by atoms with Gasteiger partial charge in [-0.3, -0.25) is 13.9 Å². The fourth-order valence-electron chi connectivity index (χ4n) is 4.19. The zero-order valence-electron chi connectivity index (χ0n) is 23.6. The molecule has 210 valence electrons. The SMILES string of the molecule is CCc1ccc(N(CCCC(=O)N(Cc2ccc(OC)cc2)C(CC)C(=O)NC(C)CC)S(C)(=O)=O)cc1. The van der Waals surface area contributed by atoms with Crippen molar-refractivity contribution in [3.8, 4) is 5.75 Å². The van der Waals surface area contributed by atoms with Crippen molar-refractivity contribution < 1.29 is 22.7 Å². The van der Waals surface area contributed by atoms with Crippen molar-refractivity contribution in [1.82, 2.24) is 10.2 Å². The Hall–Kier alpha value is -3.07. The predicted octanol–water partition coefficient (Wildman–Crippen LogP) is 4.53. The summed E-state index contributed by atoms with van der Waals surface area (Å²) in [6.07, 6.45) is 3.72. The smallest absolute Gasteiger partial charge is 0.243 e. The van der Waals surface area contributed by atoms with Gasteiger partial charge in [0, 0.05) is 25.6 Å². The number of carbonyl (C=O) groups is 2. The van der Waals surface area contributed by atoms with Crippen molar-refractivity contribution in [1.29, 1.82) is 0 Å². The van der Waals surface area contributed by atoms with Crippen LogP contribution in [0.15, 0.2) is 48.5 Å². The van der Waals surface area contributed by atoms with Crippen LogP contribution in [0.5, 0.6) is 5.75 Å². The monoisotopic (exact) mass is 545 g/mol. The van der Waals surface area contributed by atoms with Crippen LogP contribution in [0, 0.1) is 0 Å². The molecule has 0 bridgehead atoms. The van der Waals surface area contributed by atoms with Gasteiger partial charge in [-0.2, -0.15) is 0 Å². The summed E-state index contributed by atoms with van der Waals surface area (Å²) >= 11 is 0. The molecular weight excluding hydrogens is 502 g/mol. The van der Waals surface area contributed by atoms with Gasteiger partial charge in [-0.15, -0.1) is 0 Å². The van der Waals surface area contributed by atoms with Crippen molar-refractivity contribution in [2.45, 2.75) is 78.4 Å². The van der Waals surface area contributed by atoms with E-state index in [4.69, 9.17) is 4.74 Å². The largest absolute Gasteiger partial charge is 0.497 e. The molecule has 0 saturated carbocycles. The molecule has 0 heterocycles. The average molecular weight is 546 g/mol. The van der Waals surface area contributed by atoms with Gasteiger partial charge in [-0.05, 0) is 68.0 Å². The fourth-order valence-corrected chi connectivity index (χ4v) is 5.16. The summed E-state index contributed by atoms with van der Waals surface area (Å²) in [5, 5.41) is 3.00. The van der Waals surface area contributed by atoms with Gasteiger partial charge in [0.15, 0.2) is 0 Å². The molecule has 2 aromatic rings. The third-order valence-corrected chi connectivity index (χ3v) is 7.88. The Kier molecular flexibility index (Phi) is 12.1. The van der Waals surface area contributed by atoms with Crippen LogP contribution in [-0.2, 0) is 32.6 Å². The van der Waals surface area contributed by atoms with Crippen molar-refractivity contribution in [2.24, 2.45) is 0 Å². The lowest BCUT2D eigenvalue weighted by Crippen LogP contribution is -2.50. The maximum absolute atomic E-state index is 13.5. The number of nitrogens with one attached hydrogen (secondary N) is 1. The van der Waals surface area contributed by atoms with E-state index >= 15 is 0 Å². The van der Waals surface area contributed by atoms with E-state index in [1.54, 1.807) is 24.1 Å². The molecule has 0 aliphatic rings. The van der Waals surface area contributed by atoms with Crippen LogP contribution in [0.2, 0.25) is 0 Å². The Morgan fingerprint density at radius 3 is 2.05 bits per heavy atom. The molecule has 0 aliphatic carbocycles. The lowest BCUT2D eigenvalue weighted by molar-refractivity contribution is -0.141. The van der Waals surface area contributed by atoms with Crippen molar-refractivity contribution in [3.05, 3.63) is 59.7 Å². The topological polar surface area (TPSA) is 96.0 Å². The van der Waals surface area contributed by atoms with Crippen LogP contribution in [0.1, 0.15) is 64.5 Å². The summed E-state index contributed by atoms with van der Waals surface area (Å²) in [5.74, 6) is 0.334. The lowest BCUT2D eigenvalue weighted by Gasteiger charge is -2.32. The number of rotatable bonds is 15. The van der Waals surface area contributed by atoms with Crippen molar-refractivity contribution >= 4 is 27.5 Å². The minimum absolute atomic E-state index is 0.00287. The first-order valence-electron chi connectivity index (χ1n) is 13.3. The molecular formula is C29H43N3O5S. The Morgan fingerprint density at radius 1 is 0.947 bits per heavy atom. The number of anilines is 1. The van der Waals surface area contributed by atoms with Crippen molar-refractivity contribution in [2.75, 3.05) is 24.2 Å². The molecule has 9 heteroatoms. The lowest BCUT2D eigenvalue weighted by atomic mass is 10.1. The van der Waals surface area contributed by atoms with Crippen LogP contribution in [0.3, 0.4) is 0 Å². The molecule has 0 aliphatic heterocycles. The summed E-state index contributed by atoms with van der Waals surface area (Å²) < 4.78 is 31.6. The molecule has 0 radical (unpaired) electrons. The second-order valence-corrected chi connectivity index (χ2v) is 11.5. The molecule has 2 rings (SSSR count). The molecule has 38 heavy (non-hydrogen) atoms. The molecule has 0 fully saturated rings. The molecule has 0 spiro atoms. The first-order chi connectivity index (χ1) is 18.0. The summed E-state index contributed by atoms with van der Waals surface area (Å²) in [5.41, 5.74) is 2.57. The molecule has 2 amide bonds. The van der Waals surface area contributed by atoms with Crippen LogP contribution in [0.25, 0.3) is 0 Å². The van der Waals surface area contributed by atoms with Crippen molar-refractivity contribution in [3.63, 3.8) is 0 Å². The van der Waals surface area contributed by atoms with Gasteiger partial charge in [0.2, 0.25) is 21.8 Å². The van der Waals surface area contributed by atoms with Gasteiger partial charge < -0.3 is 15.0 Å². The molecule has 0 aromatic heterocycles. The Bertz CT molecular complexity index is 1130. The first kappa shape index (κ1) is 31.1. The number of aryl methyl sites for hydroxylation is 1. The van der Waals surface area contributed by atoms with Gasteiger partial charge >= 0.3 is 0 Å². The molecule has 1 N–H and O–H groups in total. The van der Waals surface area contributed by atoms with Crippen LogP contribution < -0.4 is 14.4 Å². The Morgan fingerprint density at radius 2 is 1.55 bits per heavy atom. The zero-order chi connectivity index (χ0) is 28.3. The second-order valence-electron chi connectivity index (χ2n) is 9.57. The fraction of sp³-hybridized carbons (Fsp3) is 0.517.